The number of rotatable bonds is 9. The first-order chi connectivity index (χ1) is 27.5. The van der Waals surface area contributed by atoms with Crippen molar-refractivity contribution < 1.29 is 32.5 Å². The van der Waals surface area contributed by atoms with Gasteiger partial charge < -0.3 is 23.8 Å². The quantitative estimate of drug-likeness (QED) is 0.0533. The van der Waals surface area contributed by atoms with E-state index in [-0.39, 0.29) is 60.3 Å². The van der Waals surface area contributed by atoms with E-state index in [1.807, 2.05) is 32.6 Å². The number of piperazine rings is 1. The van der Waals surface area contributed by atoms with Gasteiger partial charge >= 0.3 is 6.09 Å². The number of thioether (sulfide) groups is 1. The van der Waals surface area contributed by atoms with Crippen LogP contribution in [0.25, 0.3) is 32.9 Å². The second kappa shape index (κ2) is 16.1. The Morgan fingerprint density at radius 3 is 2.40 bits per heavy atom. The molecule has 3 aliphatic rings. The van der Waals surface area contributed by atoms with E-state index in [2.05, 4.69) is 57.9 Å². The Labute approximate surface area is 345 Å². The second-order valence-corrected chi connectivity index (χ2v) is 24.3. The van der Waals surface area contributed by atoms with Crippen LogP contribution in [0.15, 0.2) is 29.4 Å². The number of hydrogen-bond donors (Lipinski definition) is 0. The molecule has 5 heterocycles. The van der Waals surface area contributed by atoms with E-state index < -0.39 is 25.3 Å². The van der Waals surface area contributed by atoms with Crippen molar-refractivity contribution in [3.8, 4) is 34.4 Å². The van der Waals surface area contributed by atoms with E-state index in [0.29, 0.717) is 67.4 Å². The highest BCUT2D eigenvalue weighted by Gasteiger charge is 2.52. The Morgan fingerprint density at radius 2 is 1.74 bits per heavy atom. The van der Waals surface area contributed by atoms with Crippen molar-refractivity contribution in [1.29, 1.82) is 0 Å². The molecular weight excluding hydrogens is 777 g/mol. The predicted molar refractivity (Wildman–Crippen MR) is 229 cm³/mol. The van der Waals surface area contributed by atoms with Gasteiger partial charge in [-0.15, -0.1) is 5.54 Å². The van der Waals surface area contributed by atoms with E-state index in [0.717, 1.165) is 12.8 Å². The molecule has 0 saturated carbocycles. The summed E-state index contributed by atoms with van der Waals surface area (Å²) in [4.78, 5) is 32.3. The Kier molecular flexibility index (Phi) is 11.6. The van der Waals surface area contributed by atoms with Crippen molar-refractivity contribution in [1.82, 2.24) is 19.9 Å². The van der Waals surface area contributed by atoms with Crippen LogP contribution in [0.2, 0.25) is 16.6 Å². The lowest BCUT2D eigenvalue weighted by Crippen LogP contribution is -2.63. The van der Waals surface area contributed by atoms with Crippen molar-refractivity contribution in [2.24, 2.45) is 0 Å². The van der Waals surface area contributed by atoms with Gasteiger partial charge in [-0.2, -0.15) is 0 Å². The molecule has 2 saturated heterocycles. The van der Waals surface area contributed by atoms with Crippen LogP contribution < -0.4 is 14.4 Å². The normalized spacial score (nSPS) is 19.1. The molecule has 2 aromatic carbocycles. The summed E-state index contributed by atoms with van der Waals surface area (Å²) in [5.74, 6) is 3.88. The van der Waals surface area contributed by atoms with Gasteiger partial charge in [0.1, 0.15) is 54.3 Å². The summed E-state index contributed by atoms with van der Waals surface area (Å²) in [6.45, 7) is 21.4. The second-order valence-electron chi connectivity index (χ2n) is 17.5. The van der Waals surface area contributed by atoms with Crippen molar-refractivity contribution >= 4 is 53.4 Å². The van der Waals surface area contributed by atoms with Crippen LogP contribution in [0.4, 0.5) is 19.4 Å². The van der Waals surface area contributed by atoms with Gasteiger partial charge in [-0.05, 0) is 79.6 Å². The topological polar surface area (TPSA) is 99.1 Å². The molecule has 0 aliphatic carbocycles. The number of ether oxygens (including phenoxy) is 4. The number of amides is 1. The molecule has 58 heavy (non-hydrogen) atoms. The van der Waals surface area contributed by atoms with Gasteiger partial charge in [-0.25, -0.2) is 28.5 Å². The molecule has 0 spiro atoms. The highest BCUT2D eigenvalue weighted by Crippen LogP contribution is 2.47. The molecule has 310 valence electrons. The average Bonchev–Trinajstić information content (AvgIpc) is 3.39. The molecule has 0 radical (unpaired) electrons. The Hall–Kier alpha value is -4.19. The zero-order valence-electron chi connectivity index (χ0n) is 35.5. The number of benzene rings is 2. The van der Waals surface area contributed by atoms with Crippen LogP contribution in [-0.4, -0.2) is 90.6 Å². The monoisotopic (exact) mass is 831 g/mol. The molecule has 7 rings (SSSR count). The number of aromatic nitrogens is 3. The van der Waals surface area contributed by atoms with Gasteiger partial charge in [-0.3, -0.25) is 4.90 Å². The smallest absolute Gasteiger partial charge is 0.410 e. The number of halogens is 2. The number of anilines is 1. The summed E-state index contributed by atoms with van der Waals surface area (Å²) in [5.41, 5.74) is 4.42. The van der Waals surface area contributed by atoms with Gasteiger partial charge in [0, 0.05) is 24.6 Å². The number of pyridine rings is 1. The van der Waals surface area contributed by atoms with Gasteiger partial charge in [-0.1, -0.05) is 72.2 Å². The van der Waals surface area contributed by atoms with Crippen molar-refractivity contribution in [3.63, 3.8) is 0 Å². The Balaban J connectivity index is 1.46. The minimum atomic E-state index is -2.31. The van der Waals surface area contributed by atoms with Gasteiger partial charge in [0.2, 0.25) is 5.88 Å². The fourth-order valence-electron chi connectivity index (χ4n) is 9.57. The van der Waals surface area contributed by atoms with Crippen molar-refractivity contribution in [2.45, 2.75) is 128 Å². The molecular formula is C44H55F2N5O5SSi. The summed E-state index contributed by atoms with van der Waals surface area (Å²) in [5, 5.41) is 1.79. The lowest BCUT2D eigenvalue weighted by molar-refractivity contribution is 0.00538. The van der Waals surface area contributed by atoms with E-state index in [9.17, 15) is 4.79 Å². The van der Waals surface area contributed by atoms with Crippen molar-refractivity contribution in [2.75, 3.05) is 37.7 Å². The Morgan fingerprint density at radius 1 is 1.02 bits per heavy atom. The van der Waals surface area contributed by atoms with Gasteiger partial charge in [0.05, 0.1) is 23.7 Å². The van der Waals surface area contributed by atoms with E-state index in [4.69, 9.17) is 33.9 Å². The number of nitrogens with zero attached hydrogens (tertiary/aromatic N) is 5. The number of fused-ring (bicyclic) bond motifs is 6. The van der Waals surface area contributed by atoms with Gasteiger partial charge in [0.25, 0.3) is 0 Å². The summed E-state index contributed by atoms with van der Waals surface area (Å²) in [6.07, 6.45) is 1.20. The molecule has 1 amide bonds. The molecule has 2 aromatic heterocycles. The first kappa shape index (κ1) is 41.9. The van der Waals surface area contributed by atoms with Gasteiger partial charge in [0.15, 0.2) is 17.8 Å². The largest absolute Gasteiger partial charge is 0.475 e. The highest BCUT2D eigenvalue weighted by molar-refractivity contribution is 7.99. The molecule has 2 fully saturated rings. The maximum atomic E-state index is 17.7. The van der Waals surface area contributed by atoms with E-state index in [1.165, 1.54) is 24.9 Å². The van der Waals surface area contributed by atoms with Crippen LogP contribution in [0.3, 0.4) is 0 Å². The molecule has 2 bridgehead atoms. The summed E-state index contributed by atoms with van der Waals surface area (Å²) < 4.78 is 57.6. The zero-order chi connectivity index (χ0) is 41.8. The van der Waals surface area contributed by atoms with Crippen LogP contribution in [0.1, 0.15) is 87.6 Å². The fourth-order valence-corrected chi connectivity index (χ4v) is 15.3. The Bertz CT molecular complexity index is 2290. The standard InChI is InChI=1S/C44H55F2N5O5SSi/c1-12-57-42-48-39-36-40(49-42)50-21-28-14-16-33(51(28)43(52)56-44(8,9)10)34(50)22-54-41(36)47-38(37(39)46)31-20-29(55-23-53-11)19-27-13-15-32(45)30(35(27)31)17-18-58(24(2)3,25(4)5)26(6)7/h13,15,19-20,24-26,28,33-34H,12,14,16,21-23H2,1-11H3/t28-,33+,34-/m1/s1. The number of carbonyl (C=O) groups excluding carboxylic acids is 1. The van der Waals surface area contributed by atoms with Crippen LogP contribution in [0.5, 0.6) is 11.6 Å². The van der Waals surface area contributed by atoms with E-state index >= 15 is 8.78 Å². The van der Waals surface area contributed by atoms with Crippen LogP contribution >= 0.6 is 11.8 Å². The molecule has 3 aliphatic heterocycles. The highest BCUT2D eigenvalue weighted by atomic mass is 32.2. The fraction of sp³-hybridized carbons (Fsp3) is 0.545. The third-order valence-electron chi connectivity index (χ3n) is 12.0. The van der Waals surface area contributed by atoms with Crippen LogP contribution in [-0.2, 0) is 9.47 Å². The van der Waals surface area contributed by atoms with Crippen LogP contribution in [0, 0.1) is 23.1 Å². The third-order valence-corrected chi connectivity index (χ3v) is 19.0. The molecule has 0 N–H and O–H groups in total. The minimum absolute atomic E-state index is 0.0507. The lowest BCUT2D eigenvalue weighted by atomic mass is 9.95. The molecule has 14 heteroatoms. The minimum Gasteiger partial charge on any atom is -0.475 e. The number of carbonyl (C=O) groups is 1. The number of hydrogen-bond acceptors (Lipinski definition) is 10. The lowest BCUT2D eigenvalue weighted by Gasteiger charge is -2.46. The van der Waals surface area contributed by atoms with E-state index in [1.54, 1.807) is 18.2 Å². The number of methoxy groups -OCH3 is 1. The molecule has 10 nitrogen and oxygen atoms in total. The summed E-state index contributed by atoms with van der Waals surface area (Å²) >= 11 is 1.41. The maximum absolute atomic E-state index is 17.7. The first-order valence-electron chi connectivity index (χ1n) is 20.4. The summed E-state index contributed by atoms with van der Waals surface area (Å²) in [6, 6.07) is 5.85. The molecule has 0 unspecified atom stereocenters. The summed E-state index contributed by atoms with van der Waals surface area (Å²) in [7, 11) is -0.788. The zero-order valence-corrected chi connectivity index (χ0v) is 37.3. The van der Waals surface area contributed by atoms with Crippen molar-refractivity contribution in [3.05, 3.63) is 41.5 Å². The first-order valence-corrected chi connectivity index (χ1v) is 23.6. The average molecular weight is 832 g/mol. The predicted octanol–water partition coefficient (Wildman–Crippen LogP) is 10.1. The SMILES string of the molecule is CCSc1nc2c3c(nc(-c4cc(OCOC)cc5ccc(F)c(C#C[Si](C(C)C)(C(C)C)C(C)C)c45)c(F)c3n1)OC[C@@H]1[C@@H]3CC[C@H](CN21)N3C(=O)OC(C)(C)C. The molecule has 4 aromatic rings. The third kappa shape index (κ3) is 7.36. The maximum Gasteiger partial charge on any atom is 0.410 e. The molecule has 3 atom stereocenters.